The predicted molar refractivity (Wildman–Crippen MR) is 54.8 cm³/mol. The van der Waals surface area contributed by atoms with E-state index in [4.69, 9.17) is 5.73 Å². The molecule has 0 amide bonds. The number of carbonyl (C=O) groups is 1. The summed E-state index contributed by atoms with van der Waals surface area (Å²) in [6.07, 6.45) is 0.974. The smallest absolute Gasteiger partial charge is 0.307 e. The first-order valence-corrected chi connectivity index (χ1v) is 4.58. The first-order chi connectivity index (χ1) is 6.72. The van der Waals surface area contributed by atoms with Crippen LogP contribution in [-0.2, 0) is 16.0 Å². The fourth-order valence-electron chi connectivity index (χ4n) is 1.29. The van der Waals surface area contributed by atoms with Crippen molar-refractivity contribution < 1.29 is 9.53 Å². The van der Waals surface area contributed by atoms with E-state index in [0.29, 0.717) is 6.42 Å². The summed E-state index contributed by atoms with van der Waals surface area (Å²) in [4.78, 5) is 10.9. The summed E-state index contributed by atoms with van der Waals surface area (Å²) < 4.78 is 4.54. The normalized spacial score (nSPS) is 12.1. The van der Waals surface area contributed by atoms with Crippen LogP contribution in [0.1, 0.15) is 12.0 Å². The molecule has 0 spiro atoms. The summed E-state index contributed by atoms with van der Waals surface area (Å²) >= 11 is 0. The third kappa shape index (κ3) is 3.58. The van der Waals surface area contributed by atoms with Crippen molar-refractivity contribution >= 4 is 5.97 Å². The number of benzene rings is 1. The molecule has 0 saturated heterocycles. The average Bonchev–Trinajstić information content (AvgIpc) is 2.19. The quantitative estimate of drug-likeness (QED) is 0.729. The van der Waals surface area contributed by atoms with E-state index in [1.807, 2.05) is 30.3 Å². The molecule has 3 nitrogen and oxygen atoms in total. The monoisotopic (exact) mass is 193 g/mol. The molecule has 0 heterocycles. The molecule has 0 aliphatic heterocycles. The molecule has 1 rings (SSSR count). The van der Waals surface area contributed by atoms with Crippen molar-refractivity contribution in [2.75, 3.05) is 7.11 Å². The Morgan fingerprint density at radius 2 is 2.07 bits per heavy atom. The molecule has 0 fully saturated rings. The lowest BCUT2D eigenvalue weighted by Gasteiger charge is -2.09. The molecular formula is C11H15NO2. The number of hydrogen-bond acceptors (Lipinski definition) is 3. The molecule has 3 heteroatoms. The number of esters is 1. The van der Waals surface area contributed by atoms with Crippen molar-refractivity contribution in [1.82, 2.24) is 0 Å². The van der Waals surface area contributed by atoms with Gasteiger partial charge in [-0.2, -0.15) is 0 Å². The van der Waals surface area contributed by atoms with Crippen LogP contribution in [0.4, 0.5) is 0 Å². The highest BCUT2D eigenvalue weighted by molar-refractivity contribution is 5.69. The highest BCUT2D eigenvalue weighted by atomic mass is 16.5. The molecule has 0 bridgehead atoms. The van der Waals surface area contributed by atoms with Gasteiger partial charge in [-0.15, -0.1) is 0 Å². The summed E-state index contributed by atoms with van der Waals surface area (Å²) in [6.45, 7) is 0. The second-order valence-electron chi connectivity index (χ2n) is 3.23. The summed E-state index contributed by atoms with van der Waals surface area (Å²) in [6, 6.07) is 9.70. The second kappa shape index (κ2) is 5.40. The minimum absolute atomic E-state index is 0.162. The zero-order valence-corrected chi connectivity index (χ0v) is 8.27. The first-order valence-electron chi connectivity index (χ1n) is 4.58. The topological polar surface area (TPSA) is 52.3 Å². The van der Waals surface area contributed by atoms with Crippen LogP contribution in [0.3, 0.4) is 0 Å². The molecular weight excluding hydrogens is 178 g/mol. The van der Waals surface area contributed by atoms with Crippen LogP contribution in [0, 0.1) is 0 Å². The Hall–Kier alpha value is -1.35. The first kappa shape index (κ1) is 10.7. The average molecular weight is 193 g/mol. The second-order valence-corrected chi connectivity index (χ2v) is 3.23. The minimum Gasteiger partial charge on any atom is -0.469 e. The lowest BCUT2D eigenvalue weighted by Crippen LogP contribution is -2.26. The fraction of sp³-hybridized carbons (Fsp3) is 0.364. The van der Waals surface area contributed by atoms with Crippen molar-refractivity contribution in [2.45, 2.75) is 18.9 Å². The molecule has 0 aliphatic carbocycles. The lowest BCUT2D eigenvalue weighted by molar-refractivity contribution is -0.140. The van der Waals surface area contributed by atoms with Crippen LogP contribution in [0.5, 0.6) is 0 Å². The fourth-order valence-corrected chi connectivity index (χ4v) is 1.29. The van der Waals surface area contributed by atoms with E-state index in [1.165, 1.54) is 7.11 Å². The third-order valence-corrected chi connectivity index (χ3v) is 2.00. The van der Waals surface area contributed by atoms with Gasteiger partial charge >= 0.3 is 5.97 Å². The molecule has 0 aromatic heterocycles. The maximum Gasteiger partial charge on any atom is 0.307 e. The zero-order valence-electron chi connectivity index (χ0n) is 8.27. The van der Waals surface area contributed by atoms with Gasteiger partial charge in [0.15, 0.2) is 0 Å². The molecule has 2 N–H and O–H groups in total. The Balaban J connectivity index is 2.41. The standard InChI is InChI=1S/C11H15NO2/c1-14-11(13)8-10(12)7-9-5-3-2-4-6-9/h2-6,10H,7-8,12H2,1H3/t10-/m0/s1. The van der Waals surface area contributed by atoms with E-state index in [9.17, 15) is 4.79 Å². The van der Waals surface area contributed by atoms with Gasteiger partial charge in [-0.05, 0) is 12.0 Å². The molecule has 0 saturated carbocycles. The molecule has 14 heavy (non-hydrogen) atoms. The third-order valence-electron chi connectivity index (χ3n) is 2.00. The van der Waals surface area contributed by atoms with Gasteiger partial charge in [0.2, 0.25) is 0 Å². The predicted octanol–water partition coefficient (Wildman–Crippen LogP) is 1.12. The number of carbonyl (C=O) groups excluding carboxylic acids is 1. The molecule has 76 valence electrons. The van der Waals surface area contributed by atoms with E-state index < -0.39 is 0 Å². The van der Waals surface area contributed by atoms with Gasteiger partial charge in [-0.25, -0.2) is 0 Å². The van der Waals surface area contributed by atoms with Crippen LogP contribution >= 0.6 is 0 Å². The van der Waals surface area contributed by atoms with Crippen LogP contribution in [-0.4, -0.2) is 19.1 Å². The minimum atomic E-state index is -0.256. The molecule has 0 radical (unpaired) electrons. The summed E-state index contributed by atoms with van der Waals surface area (Å²) in [5.41, 5.74) is 6.92. The highest BCUT2D eigenvalue weighted by Crippen LogP contribution is 2.04. The van der Waals surface area contributed by atoms with Crippen LogP contribution < -0.4 is 5.73 Å². The van der Waals surface area contributed by atoms with E-state index >= 15 is 0 Å². The van der Waals surface area contributed by atoms with Gasteiger partial charge < -0.3 is 10.5 Å². The zero-order chi connectivity index (χ0) is 10.4. The van der Waals surface area contributed by atoms with Crippen molar-refractivity contribution in [3.8, 4) is 0 Å². The molecule has 1 atom stereocenters. The van der Waals surface area contributed by atoms with Gasteiger partial charge in [-0.1, -0.05) is 30.3 Å². The molecule has 1 aromatic carbocycles. The number of hydrogen-bond donors (Lipinski definition) is 1. The van der Waals surface area contributed by atoms with Crippen LogP contribution in [0.25, 0.3) is 0 Å². The van der Waals surface area contributed by atoms with E-state index in [-0.39, 0.29) is 18.4 Å². The maximum atomic E-state index is 10.9. The van der Waals surface area contributed by atoms with E-state index in [1.54, 1.807) is 0 Å². The van der Waals surface area contributed by atoms with Crippen molar-refractivity contribution in [1.29, 1.82) is 0 Å². The number of nitrogens with two attached hydrogens (primary N) is 1. The maximum absolute atomic E-state index is 10.9. The van der Waals surface area contributed by atoms with Gasteiger partial charge in [0.05, 0.1) is 13.5 Å². The van der Waals surface area contributed by atoms with Crippen molar-refractivity contribution in [3.05, 3.63) is 35.9 Å². The SMILES string of the molecule is COC(=O)C[C@@H](N)Cc1ccccc1. The Kier molecular flexibility index (Phi) is 4.13. The summed E-state index contributed by atoms with van der Waals surface area (Å²) in [5.74, 6) is -0.256. The number of methoxy groups -OCH3 is 1. The van der Waals surface area contributed by atoms with Gasteiger partial charge in [-0.3, -0.25) is 4.79 Å². The Labute approximate surface area is 83.9 Å². The Morgan fingerprint density at radius 1 is 1.43 bits per heavy atom. The lowest BCUT2D eigenvalue weighted by atomic mass is 10.0. The van der Waals surface area contributed by atoms with Gasteiger partial charge in [0.25, 0.3) is 0 Å². The Bertz CT molecular complexity index is 285. The van der Waals surface area contributed by atoms with Crippen molar-refractivity contribution in [3.63, 3.8) is 0 Å². The Morgan fingerprint density at radius 3 is 2.64 bits per heavy atom. The largest absolute Gasteiger partial charge is 0.469 e. The van der Waals surface area contributed by atoms with Gasteiger partial charge in [0, 0.05) is 6.04 Å². The number of rotatable bonds is 4. The molecule has 0 unspecified atom stereocenters. The molecule has 0 aliphatic rings. The van der Waals surface area contributed by atoms with Crippen LogP contribution in [0.15, 0.2) is 30.3 Å². The summed E-state index contributed by atoms with van der Waals surface area (Å²) in [7, 11) is 1.37. The highest BCUT2D eigenvalue weighted by Gasteiger charge is 2.09. The van der Waals surface area contributed by atoms with E-state index in [0.717, 1.165) is 5.56 Å². The van der Waals surface area contributed by atoms with Crippen LogP contribution in [0.2, 0.25) is 0 Å². The number of ether oxygens (including phenoxy) is 1. The summed E-state index contributed by atoms with van der Waals surface area (Å²) in [5, 5.41) is 0. The van der Waals surface area contributed by atoms with Gasteiger partial charge in [0.1, 0.15) is 0 Å². The van der Waals surface area contributed by atoms with E-state index in [2.05, 4.69) is 4.74 Å². The van der Waals surface area contributed by atoms with Crippen molar-refractivity contribution in [2.24, 2.45) is 5.73 Å². The molecule has 1 aromatic rings.